The van der Waals surface area contributed by atoms with Crippen LogP contribution in [0.2, 0.25) is 0 Å². The van der Waals surface area contributed by atoms with Crippen molar-refractivity contribution in [2.45, 2.75) is 33.1 Å². The third kappa shape index (κ3) is 5.38. The summed E-state index contributed by atoms with van der Waals surface area (Å²) in [6.07, 6.45) is 4.32. The number of rotatable bonds is 8. The van der Waals surface area contributed by atoms with E-state index in [0.717, 1.165) is 24.1 Å². The zero-order valence-electron chi connectivity index (χ0n) is 14.2. The van der Waals surface area contributed by atoms with Crippen molar-refractivity contribution in [3.8, 4) is 11.5 Å². The number of nitrogens with one attached hydrogen (secondary N) is 2. The Balaban J connectivity index is 1.92. The zero-order valence-corrected chi connectivity index (χ0v) is 14.2. The van der Waals surface area contributed by atoms with Gasteiger partial charge in [-0.05, 0) is 43.9 Å². The summed E-state index contributed by atoms with van der Waals surface area (Å²) in [7, 11) is 0. The van der Waals surface area contributed by atoms with Crippen molar-refractivity contribution in [1.82, 2.24) is 10.3 Å². The Labute approximate surface area is 142 Å². The Kier molecular flexibility index (Phi) is 6.81. The minimum atomic E-state index is -0.255. The number of oxazole rings is 1. The Bertz CT molecular complexity index is 648. The molecule has 1 atom stereocenters. The van der Waals surface area contributed by atoms with Crippen LogP contribution >= 0.6 is 0 Å². The molecule has 0 aliphatic heterocycles. The summed E-state index contributed by atoms with van der Waals surface area (Å²) in [5.41, 5.74) is 2.30. The quantitative estimate of drug-likeness (QED) is 0.690. The van der Waals surface area contributed by atoms with Crippen molar-refractivity contribution < 1.29 is 14.3 Å². The molecule has 6 heteroatoms. The van der Waals surface area contributed by atoms with Gasteiger partial charge in [0.15, 0.2) is 0 Å². The number of hydrogen-bond acceptors (Lipinski definition) is 4. The van der Waals surface area contributed by atoms with Crippen molar-refractivity contribution in [1.29, 1.82) is 0 Å². The summed E-state index contributed by atoms with van der Waals surface area (Å²) in [5, 5.41) is 14.7. The van der Waals surface area contributed by atoms with Crippen LogP contribution in [0.5, 0.6) is 0 Å². The summed E-state index contributed by atoms with van der Waals surface area (Å²) in [6, 6.07) is 7.11. The molecule has 130 valence electrons. The van der Waals surface area contributed by atoms with Gasteiger partial charge in [0.1, 0.15) is 6.26 Å². The van der Waals surface area contributed by atoms with Gasteiger partial charge in [0.2, 0.25) is 5.89 Å². The Morgan fingerprint density at radius 1 is 1.38 bits per heavy atom. The van der Waals surface area contributed by atoms with Gasteiger partial charge in [-0.1, -0.05) is 19.4 Å². The van der Waals surface area contributed by atoms with Gasteiger partial charge in [0.25, 0.3) is 0 Å². The topological polar surface area (TPSA) is 87.4 Å². The van der Waals surface area contributed by atoms with E-state index < -0.39 is 0 Å². The van der Waals surface area contributed by atoms with Crippen LogP contribution in [0.15, 0.2) is 34.9 Å². The second-order valence-corrected chi connectivity index (χ2v) is 5.88. The molecule has 1 heterocycles. The van der Waals surface area contributed by atoms with Gasteiger partial charge in [-0.2, -0.15) is 0 Å². The molecule has 0 radical (unpaired) electrons. The lowest BCUT2D eigenvalue weighted by Crippen LogP contribution is -2.33. The maximum Gasteiger partial charge on any atom is 0.319 e. The van der Waals surface area contributed by atoms with Crippen LogP contribution in [0, 0.1) is 12.8 Å². The molecule has 0 saturated heterocycles. The van der Waals surface area contributed by atoms with E-state index in [4.69, 9.17) is 9.52 Å². The van der Waals surface area contributed by atoms with Crippen molar-refractivity contribution in [3.05, 3.63) is 36.2 Å². The molecule has 0 bridgehead atoms. The van der Waals surface area contributed by atoms with Gasteiger partial charge in [0, 0.05) is 24.4 Å². The summed E-state index contributed by atoms with van der Waals surface area (Å²) >= 11 is 0. The Hall–Kier alpha value is -2.34. The first-order valence-corrected chi connectivity index (χ1v) is 8.30. The second-order valence-electron chi connectivity index (χ2n) is 5.88. The van der Waals surface area contributed by atoms with Crippen LogP contribution in [0.4, 0.5) is 10.5 Å². The third-order valence-corrected chi connectivity index (χ3v) is 3.77. The molecule has 0 fully saturated rings. The minimum Gasteiger partial charge on any atom is -0.444 e. The summed E-state index contributed by atoms with van der Waals surface area (Å²) in [4.78, 5) is 16.3. The molecule has 0 spiro atoms. The van der Waals surface area contributed by atoms with Gasteiger partial charge >= 0.3 is 6.03 Å². The number of aliphatic hydroxyl groups excluding tert-OH is 1. The Morgan fingerprint density at radius 3 is 2.88 bits per heavy atom. The molecule has 24 heavy (non-hydrogen) atoms. The van der Waals surface area contributed by atoms with Crippen LogP contribution in [-0.4, -0.2) is 29.3 Å². The summed E-state index contributed by atoms with van der Waals surface area (Å²) < 4.78 is 5.38. The van der Waals surface area contributed by atoms with Crippen LogP contribution in [0.1, 0.15) is 31.9 Å². The number of aliphatic hydroxyl groups is 1. The minimum absolute atomic E-state index is 0.144. The van der Waals surface area contributed by atoms with Gasteiger partial charge in [0.05, 0.1) is 5.69 Å². The lowest BCUT2D eigenvalue weighted by atomic mass is 10.0. The molecule has 0 aliphatic carbocycles. The lowest BCUT2D eigenvalue weighted by molar-refractivity contribution is 0.237. The van der Waals surface area contributed by atoms with E-state index in [1.54, 1.807) is 6.26 Å². The number of hydrogen-bond donors (Lipinski definition) is 3. The summed E-state index contributed by atoms with van der Waals surface area (Å²) in [6.45, 7) is 4.66. The maximum absolute atomic E-state index is 12.1. The fraction of sp³-hybridized carbons (Fsp3) is 0.444. The predicted molar refractivity (Wildman–Crippen MR) is 93.8 cm³/mol. The average Bonchev–Trinajstić information content (AvgIpc) is 3.00. The van der Waals surface area contributed by atoms with E-state index >= 15 is 0 Å². The van der Waals surface area contributed by atoms with E-state index in [2.05, 4.69) is 22.5 Å². The highest BCUT2D eigenvalue weighted by Gasteiger charge is 2.10. The number of amides is 2. The molecule has 2 aromatic rings. The van der Waals surface area contributed by atoms with Crippen molar-refractivity contribution in [3.63, 3.8) is 0 Å². The Morgan fingerprint density at radius 2 is 2.21 bits per heavy atom. The van der Waals surface area contributed by atoms with E-state index in [1.165, 1.54) is 0 Å². The van der Waals surface area contributed by atoms with Crippen LogP contribution in [-0.2, 0) is 0 Å². The highest BCUT2D eigenvalue weighted by molar-refractivity contribution is 5.89. The third-order valence-electron chi connectivity index (χ3n) is 3.77. The van der Waals surface area contributed by atoms with Gasteiger partial charge in [-0.3, -0.25) is 0 Å². The highest BCUT2D eigenvalue weighted by Crippen LogP contribution is 2.22. The molecular formula is C18H25N3O3. The first-order chi connectivity index (χ1) is 11.6. The lowest BCUT2D eigenvalue weighted by Gasteiger charge is -2.16. The molecule has 2 amide bonds. The molecule has 1 aromatic carbocycles. The monoisotopic (exact) mass is 331 g/mol. The van der Waals surface area contributed by atoms with Crippen molar-refractivity contribution >= 4 is 11.7 Å². The highest BCUT2D eigenvalue weighted by atomic mass is 16.3. The normalized spacial score (nSPS) is 12.0. The largest absolute Gasteiger partial charge is 0.444 e. The number of benzene rings is 1. The molecule has 0 saturated carbocycles. The number of aromatic nitrogens is 1. The number of carbonyl (C=O) groups is 1. The van der Waals surface area contributed by atoms with Crippen LogP contribution in [0.25, 0.3) is 11.5 Å². The van der Waals surface area contributed by atoms with Crippen LogP contribution < -0.4 is 10.6 Å². The number of nitrogens with zero attached hydrogens (tertiary/aromatic N) is 1. The smallest absolute Gasteiger partial charge is 0.319 e. The SMILES string of the molecule is CCCC(CCO)CNC(=O)Nc1cccc(-c2nc(C)co2)c1. The fourth-order valence-corrected chi connectivity index (χ4v) is 2.57. The number of carbonyl (C=O) groups excluding carboxylic acids is 1. The van der Waals surface area contributed by atoms with Gasteiger partial charge in [-0.15, -0.1) is 0 Å². The molecule has 0 aliphatic rings. The van der Waals surface area contributed by atoms with E-state index in [-0.39, 0.29) is 12.6 Å². The van der Waals surface area contributed by atoms with E-state index in [9.17, 15) is 4.79 Å². The number of urea groups is 1. The van der Waals surface area contributed by atoms with Gasteiger partial charge < -0.3 is 20.2 Å². The molecule has 1 unspecified atom stereocenters. The zero-order chi connectivity index (χ0) is 17.4. The van der Waals surface area contributed by atoms with Crippen molar-refractivity contribution in [2.75, 3.05) is 18.5 Å². The molecule has 6 nitrogen and oxygen atoms in total. The molecule has 3 N–H and O–H groups in total. The maximum atomic E-state index is 12.1. The molecule has 2 rings (SSSR count). The first-order valence-electron chi connectivity index (χ1n) is 8.30. The van der Waals surface area contributed by atoms with E-state index in [0.29, 0.717) is 30.5 Å². The molecular weight excluding hydrogens is 306 g/mol. The first kappa shape index (κ1) is 18.0. The van der Waals surface area contributed by atoms with Gasteiger partial charge in [-0.25, -0.2) is 9.78 Å². The molecule has 1 aromatic heterocycles. The van der Waals surface area contributed by atoms with Crippen LogP contribution in [0.3, 0.4) is 0 Å². The number of aryl methyl sites for hydroxylation is 1. The second kappa shape index (κ2) is 9.08. The fourth-order valence-electron chi connectivity index (χ4n) is 2.57. The summed E-state index contributed by atoms with van der Waals surface area (Å²) in [5.74, 6) is 0.829. The predicted octanol–water partition coefficient (Wildman–Crippen LogP) is 3.57. The van der Waals surface area contributed by atoms with E-state index in [1.807, 2.05) is 31.2 Å². The number of anilines is 1. The van der Waals surface area contributed by atoms with Crippen molar-refractivity contribution in [2.24, 2.45) is 5.92 Å². The standard InChI is InChI=1S/C18H25N3O3/c1-3-5-14(8-9-22)11-19-18(23)21-16-7-4-6-15(10-16)17-20-13(2)12-24-17/h4,6-7,10,12,14,22H,3,5,8-9,11H2,1-2H3,(H2,19,21,23). The average molecular weight is 331 g/mol.